The number of anilines is 1. The number of amides is 1. The van der Waals surface area contributed by atoms with Gasteiger partial charge >= 0.3 is 0 Å². The Morgan fingerprint density at radius 3 is 3.00 bits per heavy atom. The summed E-state index contributed by atoms with van der Waals surface area (Å²) < 4.78 is 5.80. The third kappa shape index (κ3) is 4.20. The maximum Gasteiger partial charge on any atom is 0.254 e. The Morgan fingerprint density at radius 2 is 2.25 bits per heavy atom. The summed E-state index contributed by atoms with van der Waals surface area (Å²) >= 11 is 0. The zero-order valence-corrected chi connectivity index (χ0v) is 12.0. The van der Waals surface area contributed by atoms with Gasteiger partial charge in [-0.2, -0.15) is 0 Å². The van der Waals surface area contributed by atoms with Crippen LogP contribution in [0.3, 0.4) is 0 Å². The molecule has 2 rings (SSSR count). The minimum Gasteiger partial charge on any atom is -0.378 e. The van der Waals surface area contributed by atoms with E-state index < -0.39 is 0 Å². The summed E-state index contributed by atoms with van der Waals surface area (Å²) in [6, 6.07) is 3.53. The fraction of sp³-hybridized carbons (Fsp3) is 0.600. The molecule has 1 aromatic rings. The summed E-state index contributed by atoms with van der Waals surface area (Å²) in [5.41, 5.74) is 0.576. The number of ether oxygens (including phenoxy) is 1. The van der Waals surface area contributed by atoms with Crippen molar-refractivity contribution in [2.45, 2.75) is 38.2 Å². The van der Waals surface area contributed by atoms with E-state index in [-0.39, 0.29) is 5.91 Å². The number of aromatic nitrogens is 1. The molecule has 5 nitrogen and oxygen atoms in total. The van der Waals surface area contributed by atoms with E-state index in [9.17, 15) is 4.79 Å². The summed E-state index contributed by atoms with van der Waals surface area (Å²) in [6.45, 7) is 1.52. The van der Waals surface area contributed by atoms with Gasteiger partial charge in [-0.05, 0) is 31.4 Å². The third-order valence-electron chi connectivity index (χ3n) is 3.55. The van der Waals surface area contributed by atoms with E-state index in [1.54, 1.807) is 25.4 Å². The van der Waals surface area contributed by atoms with Crippen LogP contribution < -0.4 is 10.6 Å². The molecule has 5 heteroatoms. The highest BCUT2D eigenvalue weighted by atomic mass is 16.5. The molecule has 20 heavy (non-hydrogen) atoms. The van der Waals surface area contributed by atoms with E-state index in [0.717, 1.165) is 19.6 Å². The van der Waals surface area contributed by atoms with Crippen LogP contribution >= 0.6 is 0 Å². The molecule has 0 atom stereocenters. The highest BCUT2D eigenvalue weighted by Gasteiger charge is 2.14. The van der Waals surface area contributed by atoms with Crippen LogP contribution in [0.2, 0.25) is 0 Å². The van der Waals surface area contributed by atoms with Gasteiger partial charge in [0.1, 0.15) is 5.82 Å². The molecule has 0 saturated heterocycles. The summed E-state index contributed by atoms with van der Waals surface area (Å²) in [4.78, 5) is 15.9. The van der Waals surface area contributed by atoms with Gasteiger partial charge in [0.05, 0.1) is 11.7 Å². The number of hydrogen-bond donors (Lipinski definition) is 2. The topological polar surface area (TPSA) is 63.2 Å². The van der Waals surface area contributed by atoms with Gasteiger partial charge in [-0.1, -0.05) is 12.8 Å². The van der Waals surface area contributed by atoms with Crippen molar-refractivity contribution < 1.29 is 9.53 Å². The van der Waals surface area contributed by atoms with Crippen LogP contribution in [0, 0.1) is 0 Å². The molecule has 1 aromatic heterocycles. The minimum atomic E-state index is -0.122. The van der Waals surface area contributed by atoms with Gasteiger partial charge in [-0.3, -0.25) is 4.79 Å². The van der Waals surface area contributed by atoms with Crippen molar-refractivity contribution in [3.63, 3.8) is 0 Å². The molecule has 0 aliphatic heterocycles. The van der Waals surface area contributed by atoms with Crippen LogP contribution in [0.25, 0.3) is 0 Å². The first-order chi connectivity index (χ1) is 9.81. The fourth-order valence-corrected chi connectivity index (χ4v) is 2.45. The van der Waals surface area contributed by atoms with E-state index in [1.807, 2.05) is 0 Å². The van der Waals surface area contributed by atoms with E-state index in [2.05, 4.69) is 15.6 Å². The summed E-state index contributed by atoms with van der Waals surface area (Å²) in [5.74, 6) is 0.510. The lowest BCUT2D eigenvalue weighted by Crippen LogP contribution is -2.20. The molecule has 1 heterocycles. The van der Waals surface area contributed by atoms with Crippen molar-refractivity contribution in [1.82, 2.24) is 10.3 Å². The Morgan fingerprint density at radius 1 is 1.45 bits per heavy atom. The second-order valence-electron chi connectivity index (χ2n) is 5.04. The van der Waals surface area contributed by atoms with Crippen LogP contribution in [0.1, 0.15) is 42.5 Å². The van der Waals surface area contributed by atoms with Gasteiger partial charge < -0.3 is 15.4 Å². The lowest BCUT2D eigenvalue weighted by Gasteiger charge is -2.12. The number of carbonyl (C=O) groups excluding carboxylic acids is 1. The van der Waals surface area contributed by atoms with E-state index in [1.165, 1.54) is 25.7 Å². The van der Waals surface area contributed by atoms with Gasteiger partial charge in [0.15, 0.2) is 0 Å². The number of carbonyl (C=O) groups is 1. The quantitative estimate of drug-likeness (QED) is 0.750. The molecule has 1 fully saturated rings. The largest absolute Gasteiger partial charge is 0.378 e. The van der Waals surface area contributed by atoms with Crippen molar-refractivity contribution in [2.24, 2.45) is 0 Å². The molecule has 2 N–H and O–H groups in total. The minimum absolute atomic E-state index is 0.122. The average Bonchev–Trinajstić information content (AvgIpc) is 3.00. The Labute approximate surface area is 120 Å². The van der Waals surface area contributed by atoms with Gasteiger partial charge in [-0.25, -0.2) is 4.98 Å². The van der Waals surface area contributed by atoms with Crippen LogP contribution in [0.5, 0.6) is 0 Å². The van der Waals surface area contributed by atoms with Gasteiger partial charge in [-0.15, -0.1) is 0 Å². The Hall–Kier alpha value is -1.62. The molecule has 1 saturated carbocycles. The van der Waals surface area contributed by atoms with Gasteiger partial charge in [0.25, 0.3) is 5.91 Å². The normalized spacial score (nSPS) is 15.2. The van der Waals surface area contributed by atoms with E-state index >= 15 is 0 Å². The van der Waals surface area contributed by atoms with Gasteiger partial charge in [0.2, 0.25) is 0 Å². The smallest absolute Gasteiger partial charge is 0.254 e. The van der Waals surface area contributed by atoms with Crippen molar-refractivity contribution in [1.29, 1.82) is 0 Å². The summed E-state index contributed by atoms with van der Waals surface area (Å²) in [7, 11) is 1.62. The highest BCUT2D eigenvalue weighted by Crippen LogP contribution is 2.20. The lowest BCUT2D eigenvalue weighted by molar-refractivity contribution is 0.0583. The number of nitrogens with one attached hydrogen (secondary N) is 2. The molecular weight excluding hydrogens is 254 g/mol. The molecule has 0 spiro atoms. The second-order valence-corrected chi connectivity index (χ2v) is 5.04. The third-order valence-corrected chi connectivity index (χ3v) is 3.55. The number of rotatable bonds is 7. The SMILES string of the molecule is CNC(=O)c1cccnc1NCCCOC1CCCC1. The van der Waals surface area contributed by atoms with Crippen LogP contribution in [-0.4, -0.2) is 37.2 Å². The molecule has 1 aliphatic carbocycles. The molecule has 0 bridgehead atoms. The Balaban J connectivity index is 1.72. The number of hydrogen-bond acceptors (Lipinski definition) is 4. The van der Waals surface area contributed by atoms with Gasteiger partial charge in [0, 0.05) is 26.4 Å². The van der Waals surface area contributed by atoms with Crippen LogP contribution in [0.4, 0.5) is 5.82 Å². The summed E-state index contributed by atoms with van der Waals surface area (Å²) in [5, 5.41) is 5.82. The first kappa shape index (κ1) is 14.8. The molecule has 0 unspecified atom stereocenters. The van der Waals surface area contributed by atoms with E-state index in [0.29, 0.717) is 17.5 Å². The summed E-state index contributed by atoms with van der Waals surface area (Å²) in [6.07, 6.45) is 8.07. The Bertz CT molecular complexity index is 431. The number of nitrogens with zero attached hydrogens (tertiary/aromatic N) is 1. The van der Waals surface area contributed by atoms with Crippen LogP contribution in [-0.2, 0) is 4.74 Å². The first-order valence-corrected chi connectivity index (χ1v) is 7.34. The Kier molecular flexibility index (Phi) is 5.80. The number of pyridine rings is 1. The van der Waals surface area contributed by atoms with Crippen molar-refractivity contribution in [3.05, 3.63) is 23.9 Å². The second kappa shape index (κ2) is 7.85. The molecule has 0 aromatic carbocycles. The monoisotopic (exact) mass is 277 g/mol. The standard InChI is InChI=1S/C15H23N3O2/c1-16-15(19)13-8-4-9-17-14(13)18-10-5-11-20-12-6-2-3-7-12/h4,8-9,12H,2-3,5-7,10-11H2,1H3,(H,16,19)(H,17,18). The zero-order valence-electron chi connectivity index (χ0n) is 12.0. The zero-order chi connectivity index (χ0) is 14.2. The predicted octanol–water partition coefficient (Wildman–Crippen LogP) is 2.20. The molecule has 110 valence electrons. The van der Waals surface area contributed by atoms with Crippen molar-refractivity contribution in [2.75, 3.05) is 25.5 Å². The fourth-order valence-electron chi connectivity index (χ4n) is 2.45. The van der Waals surface area contributed by atoms with Crippen LogP contribution in [0.15, 0.2) is 18.3 Å². The maximum atomic E-state index is 11.7. The predicted molar refractivity (Wildman–Crippen MR) is 78.9 cm³/mol. The van der Waals surface area contributed by atoms with Crippen molar-refractivity contribution >= 4 is 11.7 Å². The first-order valence-electron chi connectivity index (χ1n) is 7.34. The average molecular weight is 277 g/mol. The molecule has 0 radical (unpaired) electrons. The lowest BCUT2D eigenvalue weighted by atomic mass is 10.2. The highest BCUT2D eigenvalue weighted by molar-refractivity contribution is 5.98. The van der Waals surface area contributed by atoms with E-state index in [4.69, 9.17) is 4.74 Å². The van der Waals surface area contributed by atoms with Crippen molar-refractivity contribution in [3.8, 4) is 0 Å². The molecule has 1 aliphatic rings. The maximum absolute atomic E-state index is 11.7. The molecule has 1 amide bonds. The molecular formula is C15H23N3O2.